The molecule has 0 spiro atoms. The number of allylic oxidation sites excluding steroid dienone is 3. The highest BCUT2D eigenvalue weighted by atomic mass is 32.2. The second kappa shape index (κ2) is 6.40. The molecule has 0 aromatic heterocycles. The number of anilines is 1. The molecule has 0 radical (unpaired) electrons. The van der Waals surface area contributed by atoms with Gasteiger partial charge in [-0.2, -0.15) is 0 Å². The first-order chi connectivity index (χ1) is 10.7. The molecule has 0 fully saturated rings. The zero-order valence-corrected chi connectivity index (χ0v) is 13.2. The average Bonchev–Trinajstić information content (AvgIpc) is 2.60. The maximum atomic E-state index is 12.7. The van der Waals surface area contributed by atoms with Crippen LogP contribution in [0.2, 0.25) is 0 Å². The summed E-state index contributed by atoms with van der Waals surface area (Å²) >= 11 is 1.41. The number of carbonyl (C=O) groups is 2. The Bertz CT molecular complexity index is 678. The molecule has 4 nitrogen and oxygen atoms in total. The topological polar surface area (TPSA) is 46.6 Å². The van der Waals surface area contributed by atoms with Gasteiger partial charge in [-0.1, -0.05) is 30.0 Å². The van der Waals surface area contributed by atoms with Crippen LogP contribution in [0.3, 0.4) is 0 Å². The van der Waals surface area contributed by atoms with Crippen molar-refractivity contribution >= 4 is 29.3 Å². The number of ketones is 1. The number of thioether (sulfide) groups is 1. The number of benzene rings is 1. The van der Waals surface area contributed by atoms with Crippen LogP contribution < -0.4 is 4.90 Å². The Morgan fingerprint density at radius 2 is 2.05 bits per heavy atom. The van der Waals surface area contributed by atoms with Gasteiger partial charge in [0.25, 0.3) is 0 Å². The van der Waals surface area contributed by atoms with Gasteiger partial charge < -0.3 is 4.74 Å². The van der Waals surface area contributed by atoms with E-state index in [0.29, 0.717) is 4.91 Å². The molecule has 114 valence electrons. The molecule has 1 aliphatic carbocycles. The highest BCUT2D eigenvalue weighted by molar-refractivity contribution is 8.04. The number of nitrogens with zero attached hydrogens (tertiary/aromatic N) is 1. The predicted molar refractivity (Wildman–Crippen MR) is 86.8 cm³/mol. The lowest BCUT2D eigenvalue weighted by Gasteiger charge is -2.26. The highest BCUT2D eigenvalue weighted by Crippen LogP contribution is 2.41. The Labute approximate surface area is 133 Å². The van der Waals surface area contributed by atoms with Crippen LogP contribution in [0.25, 0.3) is 0 Å². The van der Waals surface area contributed by atoms with Gasteiger partial charge in [-0.15, -0.1) is 0 Å². The van der Waals surface area contributed by atoms with Gasteiger partial charge in [0, 0.05) is 11.1 Å². The van der Waals surface area contributed by atoms with Crippen LogP contribution in [0.4, 0.5) is 10.5 Å². The second-order valence-corrected chi connectivity index (χ2v) is 6.29. The summed E-state index contributed by atoms with van der Waals surface area (Å²) in [6, 6.07) is 7.51. The Hall–Kier alpha value is -2.01. The van der Waals surface area contributed by atoms with Gasteiger partial charge in [0.15, 0.2) is 5.78 Å². The summed E-state index contributed by atoms with van der Waals surface area (Å²) in [6.45, 7) is 0. The lowest BCUT2D eigenvalue weighted by Crippen LogP contribution is -2.28. The van der Waals surface area contributed by atoms with Crippen molar-refractivity contribution in [1.29, 1.82) is 0 Å². The van der Waals surface area contributed by atoms with E-state index in [4.69, 9.17) is 4.74 Å². The molecule has 1 amide bonds. The minimum atomic E-state index is -0.490. The summed E-state index contributed by atoms with van der Waals surface area (Å²) < 4.78 is 4.83. The third kappa shape index (κ3) is 2.81. The van der Waals surface area contributed by atoms with Crippen LogP contribution in [0, 0.1) is 0 Å². The Morgan fingerprint density at radius 3 is 2.77 bits per heavy atom. The summed E-state index contributed by atoms with van der Waals surface area (Å²) in [6.07, 6.45) is 7.09. The summed E-state index contributed by atoms with van der Waals surface area (Å²) in [7, 11) is 1.34. The number of carbonyl (C=O) groups excluding carboxylic acids is 2. The monoisotopic (exact) mass is 315 g/mol. The molecule has 2 aliphatic rings. The molecule has 3 rings (SSSR count). The van der Waals surface area contributed by atoms with Crippen molar-refractivity contribution in [3.05, 3.63) is 47.0 Å². The first-order valence-corrected chi connectivity index (χ1v) is 8.12. The number of amides is 1. The number of fused-ring (bicyclic) bond motifs is 1. The van der Waals surface area contributed by atoms with Gasteiger partial charge in [0.05, 0.1) is 17.7 Å². The summed E-state index contributed by atoms with van der Waals surface area (Å²) in [5, 5.41) is 0. The average molecular weight is 315 g/mol. The summed E-state index contributed by atoms with van der Waals surface area (Å²) in [5.74, 6) is 0.0214. The summed E-state index contributed by atoms with van der Waals surface area (Å²) in [5.41, 5.74) is 1.60. The van der Waals surface area contributed by atoms with Gasteiger partial charge >= 0.3 is 6.09 Å². The van der Waals surface area contributed by atoms with E-state index in [9.17, 15) is 9.59 Å². The van der Waals surface area contributed by atoms with Gasteiger partial charge in [-0.25, -0.2) is 4.79 Å². The van der Waals surface area contributed by atoms with Crippen LogP contribution in [-0.2, 0) is 9.53 Å². The number of hydrogen-bond acceptors (Lipinski definition) is 4. The van der Waals surface area contributed by atoms with E-state index < -0.39 is 6.09 Å². The summed E-state index contributed by atoms with van der Waals surface area (Å²) in [4.78, 5) is 27.5. The van der Waals surface area contributed by atoms with E-state index in [0.717, 1.165) is 41.8 Å². The number of Topliss-reactive ketones (excluding diaryl/α,β-unsaturated/α-hetero) is 1. The predicted octanol–water partition coefficient (Wildman–Crippen LogP) is 4.28. The Morgan fingerprint density at radius 1 is 1.23 bits per heavy atom. The molecule has 1 aliphatic heterocycles. The van der Waals surface area contributed by atoms with Crippen molar-refractivity contribution in [3.63, 3.8) is 0 Å². The SMILES string of the molecule is COC(=O)N1C=C(C(=O)C2=CCCCC2)Sc2ccccc21. The van der Waals surface area contributed by atoms with Crippen molar-refractivity contribution in [2.45, 2.75) is 30.6 Å². The zero-order valence-electron chi connectivity index (χ0n) is 12.4. The van der Waals surface area contributed by atoms with E-state index >= 15 is 0 Å². The van der Waals surface area contributed by atoms with E-state index in [1.807, 2.05) is 30.3 Å². The number of para-hydroxylation sites is 1. The Kier molecular flexibility index (Phi) is 4.34. The van der Waals surface area contributed by atoms with Gasteiger partial charge in [-0.05, 0) is 43.4 Å². The molecule has 5 heteroatoms. The molecule has 1 heterocycles. The fourth-order valence-corrected chi connectivity index (χ4v) is 3.67. The van der Waals surface area contributed by atoms with E-state index in [1.165, 1.54) is 23.8 Å². The lowest BCUT2D eigenvalue weighted by atomic mass is 9.96. The minimum absolute atomic E-state index is 0.0214. The zero-order chi connectivity index (χ0) is 15.5. The van der Waals surface area contributed by atoms with Crippen LogP contribution >= 0.6 is 11.8 Å². The van der Waals surface area contributed by atoms with Crippen molar-refractivity contribution in [2.24, 2.45) is 0 Å². The first kappa shape index (κ1) is 14.9. The van der Waals surface area contributed by atoms with Crippen molar-refractivity contribution in [2.75, 3.05) is 12.0 Å². The van der Waals surface area contributed by atoms with E-state index in [2.05, 4.69) is 0 Å². The third-order valence-corrected chi connectivity index (χ3v) is 4.84. The quantitative estimate of drug-likeness (QED) is 0.817. The minimum Gasteiger partial charge on any atom is -0.452 e. The van der Waals surface area contributed by atoms with Gasteiger partial charge in [0.1, 0.15) is 0 Å². The van der Waals surface area contributed by atoms with E-state index in [1.54, 1.807) is 6.20 Å². The smallest absolute Gasteiger partial charge is 0.418 e. The fourth-order valence-electron chi connectivity index (χ4n) is 2.63. The molecule has 0 saturated carbocycles. The molecule has 0 N–H and O–H groups in total. The van der Waals surface area contributed by atoms with Crippen LogP contribution in [0.15, 0.2) is 51.9 Å². The first-order valence-electron chi connectivity index (χ1n) is 7.30. The van der Waals surface area contributed by atoms with E-state index in [-0.39, 0.29) is 5.78 Å². The molecular formula is C17H17NO3S. The second-order valence-electron chi connectivity index (χ2n) is 5.21. The van der Waals surface area contributed by atoms with Crippen molar-refractivity contribution < 1.29 is 14.3 Å². The van der Waals surface area contributed by atoms with Crippen LogP contribution in [-0.4, -0.2) is 19.0 Å². The molecule has 0 bridgehead atoms. The number of rotatable bonds is 2. The van der Waals surface area contributed by atoms with Crippen molar-refractivity contribution in [3.8, 4) is 0 Å². The largest absolute Gasteiger partial charge is 0.452 e. The maximum Gasteiger partial charge on any atom is 0.418 e. The molecule has 0 atom stereocenters. The van der Waals surface area contributed by atoms with Gasteiger partial charge in [-0.3, -0.25) is 9.69 Å². The number of hydrogen-bond donors (Lipinski definition) is 0. The molecule has 1 aromatic carbocycles. The lowest BCUT2D eigenvalue weighted by molar-refractivity contribution is -0.111. The maximum absolute atomic E-state index is 12.7. The molecule has 1 aromatic rings. The van der Waals surface area contributed by atoms with Crippen molar-refractivity contribution in [1.82, 2.24) is 0 Å². The standard InChI is InChI=1S/C17H17NO3S/c1-21-17(20)18-11-15(16(19)12-7-3-2-4-8-12)22-14-10-6-5-9-13(14)18/h5-7,9-11H,2-4,8H2,1H3. The molecule has 22 heavy (non-hydrogen) atoms. The number of ether oxygens (including phenoxy) is 1. The van der Waals surface area contributed by atoms with Crippen LogP contribution in [0.1, 0.15) is 25.7 Å². The normalized spacial score (nSPS) is 17.2. The number of methoxy groups -OCH3 is 1. The van der Waals surface area contributed by atoms with Crippen LogP contribution in [0.5, 0.6) is 0 Å². The third-order valence-electron chi connectivity index (χ3n) is 3.77. The molecule has 0 unspecified atom stereocenters. The van der Waals surface area contributed by atoms with Gasteiger partial charge in [0.2, 0.25) is 0 Å². The fraction of sp³-hybridized carbons (Fsp3) is 0.294. The molecular weight excluding hydrogens is 298 g/mol. The Balaban J connectivity index is 1.95. The molecule has 0 saturated heterocycles. The highest BCUT2D eigenvalue weighted by Gasteiger charge is 2.28.